The fourth-order valence-corrected chi connectivity index (χ4v) is 3.53. The maximum absolute atomic E-state index is 11.9. The Kier molecular flexibility index (Phi) is 2.86. The van der Waals surface area contributed by atoms with Crippen LogP contribution in [0.15, 0.2) is 28.5 Å². The lowest BCUT2D eigenvalue weighted by molar-refractivity contribution is 0.605. The van der Waals surface area contributed by atoms with Crippen molar-refractivity contribution in [3.05, 3.63) is 34.7 Å². The first kappa shape index (κ1) is 11.4. The Bertz CT molecular complexity index is 544. The van der Waals surface area contributed by atoms with E-state index in [0.717, 1.165) is 29.5 Å². The topological polar surface area (TPSA) is 60.2 Å². The maximum Gasteiger partial charge on any atom is 0.200 e. The van der Waals surface area contributed by atoms with Gasteiger partial charge < -0.3 is 5.73 Å². The number of allylic oxidation sites excluding steroid dienone is 1. The molecular weight excluding hydrogens is 222 g/mol. The molecule has 0 saturated carbocycles. The van der Waals surface area contributed by atoms with Gasteiger partial charge in [-0.3, -0.25) is 0 Å². The fraction of sp³-hybridized carbons (Fsp3) is 0.333. The van der Waals surface area contributed by atoms with Gasteiger partial charge in [0.2, 0.25) is 9.84 Å². The van der Waals surface area contributed by atoms with E-state index in [4.69, 9.17) is 5.73 Å². The first-order valence-corrected chi connectivity index (χ1v) is 6.86. The van der Waals surface area contributed by atoms with E-state index >= 15 is 0 Å². The van der Waals surface area contributed by atoms with E-state index in [1.807, 2.05) is 19.1 Å². The standard InChI is InChI=1S/C12H15NO2S/c1-9-4-5-11-10(3-2-6-13)8-16(14,15)12(11)7-9/h4-5,7-8H,2-3,6,13H2,1H3. The molecule has 0 bridgehead atoms. The van der Waals surface area contributed by atoms with Crippen molar-refractivity contribution in [2.45, 2.75) is 24.7 Å². The summed E-state index contributed by atoms with van der Waals surface area (Å²) >= 11 is 0. The molecule has 0 aliphatic carbocycles. The van der Waals surface area contributed by atoms with E-state index in [0.29, 0.717) is 11.4 Å². The highest BCUT2D eigenvalue weighted by molar-refractivity contribution is 7.95. The number of benzene rings is 1. The van der Waals surface area contributed by atoms with Gasteiger partial charge in [-0.05, 0) is 49.1 Å². The fourth-order valence-electron chi connectivity index (χ4n) is 1.93. The molecule has 0 spiro atoms. The summed E-state index contributed by atoms with van der Waals surface area (Å²) in [4.78, 5) is 0.444. The Morgan fingerprint density at radius 1 is 1.31 bits per heavy atom. The second-order valence-electron chi connectivity index (χ2n) is 4.08. The Morgan fingerprint density at radius 2 is 2.06 bits per heavy atom. The highest BCUT2D eigenvalue weighted by Crippen LogP contribution is 2.36. The molecule has 86 valence electrons. The zero-order valence-electron chi connectivity index (χ0n) is 9.23. The molecule has 16 heavy (non-hydrogen) atoms. The lowest BCUT2D eigenvalue weighted by atomic mass is 10.0. The third kappa shape index (κ3) is 1.90. The molecule has 1 aliphatic rings. The largest absolute Gasteiger partial charge is 0.330 e. The highest BCUT2D eigenvalue weighted by atomic mass is 32.2. The summed E-state index contributed by atoms with van der Waals surface area (Å²) in [5.74, 6) is 0. The molecule has 1 aliphatic heterocycles. The van der Waals surface area contributed by atoms with E-state index in [9.17, 15) is 8.42 Å². The Labute approximate surface area is 95.9 Å². The van der Waals surface area contributed by atoms with Crippen molar-refractivity contribution in [2.75, 3.05) is 6.54 Å². The minimum Gasteiger partial charge on any atom is -0.330 e. The first-order valence-electron chi connectivity index (χ1n) is 5.31. The van der Waals surface area contributed by atoms with Crippen LogP contribution in [-0.2, 0) is 9.84 Å². The average molecular weight is 237 g/mol. The van der Waals surface area contributed by atoms with Crippen LogP contribution in [0.2, 0.25) is 0 Å². The van der Waals surface area contributed by atoms with Gasteiger partial charge in [-0.25, -0.2) is 8.42 Å². The second kappa shape index (κ2) is 4.03. The van der Waals surface area contributed by atoms with Crippen LogP contribution in [0.5, 0.6) is 0 Å². The van der Waals surface area contributed by atoms with Crippen LogP contribution >= 0.6 is 0 Å². The van der Waals surface area contributed by atoms with Gasteiger partial charge in [0.15, 0.2) is 0 Å². The normalized spacial score (nSPS) is 17.0. The number of hydrogen-bond donors (Lipinski definition) is 1. The molecule has 0 amide bonds. The van der Waals surface area contributed by atoms with E-state index in [1.54, 1.807) is 6.07 Å². The molecule has 1 aromatic rings. The molecule has 0 radical (unpaired) electrons. The SMILES string of the molecule is Cc1ccc2c(c1)S(=O)(=O)C=C2CCCN. The third-order valence-corrected chi connectivity index (χ3v) is 4.28. The van der Waals surface area contributed by atoms with Crippen LogP contribution in [0.4, 0.5) is 0 Å². The molecule has 1 aromatic carbocycles. The van der Waals surface area contributed by atoms with Crippen LogP contribution in [0, 0.1) is 6.92 Å². The lowest BCUT2D eigenvalue weighted by Gasteiger charge is -2.04. The quantitative estimate of drug-likeness (QED) is 0.873. The van der Waals surface area contributed by atoms with Gasteiger partial charge in [0, 0.05) is 5.41 Å². The van der Waals surface area contributed by atoms with Gasteiger partial charge in [0.1, 0.15) is 0 Å². The summed E-state index contributed by atoms with van der Waals surface area (Å²) in [7, 11) is -3.21. The summed E-state index contributed by atoms with van der Waals surface area (Å²) in [6.45, 7) is 2.48. The first-order chi connectivity index (χ1) is 7.54. The molecule has 0 saturated heterocycles. The molecule has 1 heterocycles. The van der Waals surface area contributed by atoms with Crippen LogP contribution < -0.4 is 5.73 Å². The summed E-state index contributed by atoms with van der Waals surface area (Å²) in [6.07, 6.45) is 1.54. The van der Waals surface area contributed by atoms with Gasteiger partial charge in [-0.1, -0.05) is 12.1 Å². The van der Waals surface area contributed by atoms with Crippen molar-refractivity contribution in [1.82, 2.24) is 0 Å². The highest BCUT2D eigenvalue weighted by Gasteiger charge is 2.26. The molecule has 3 nitrogen and oxygen atoms in total. The van der Waals surface area contributed by atoms with Crippen molar-refractivity contribution >= 4 is 15.4 Å². The van der Waals surface area contributed by atoms with E-state index in [-0.39, 0.29) is 0 Å². The lowest BCUT2D eigenvalue weighted by Crippen LogP contribution is -1.98. The smallest absolute Gasteiger partial charge is 0.200 e. The average Bonchev–Trinajstić information content (AvgIpc) is 2.48. The third-order valence-electron chi connectivity index (χ3n) is 2.74. The van der Waals surface area contributed by atoms with E-state index < -0.39 is 9.84 Å². The predicted molar refractivity (Wildman–Crippen MR) is 64.6 cm³/mol. The summed E-state index contributed by atoms with van der Waals surface area (Å²) in [5.41, 5.74) is 8.15. The summed E-state index contributed by atoms with van der Waals surface area (Å²) in [6, 6.07) is 5.56. The number of fused-ring (bicyclic) bond motifs is 1. The second-order valence-corrected chi connectivity index (χ2v) is 5.85. The van der Waals surface area contributed by atoms with E-state index in [2.05, 4.69) is 0 Å². The molecule has 2 N–H and O–H groups in total. The minimum absolute atomic E-state index is 0.444. The maximum atomic E-state index is 11.9. The number of sulfone groups is 1. The zero-order valence-corrected chi connectivity index (χ0v) is 10.0. The molecule has 2 rings (SSSR count). The molecule has 0 fully saturated rings. The minimum atomic E-state index is -3.21. The molecule has 0 atom stereocenters. The zero-order chi connectivity index (χ0) is 11.8. The van der Waals surface area contributed by atoms with Gasteiger partial charge in [0.25, 0.3) is 0 Å². The van der Waals surface area contributed by atoms with Crippen LogP contribution in [0.1, 0.15) is 24.0 Å². The van der Waals surface area contributed by atoms with Gasteiger partial charge in [0.05, 0.1) is 4.90 Å². The predicted octanol–water partition coefficient (Wildman–Crippen LogP) is 1.86. The van der Waals surface area contributed by atoms with Crippen molar-refractivity contribution < 1.29 is 8.42 Å². The van der Waals surface area contributed by atoms with Gasteiger partial charge in [-0.2, -0.15) is 0 Å². The number of rotatable bonds is 3. The Hall–Kier alpha value is -1.13. The molecule has 4 heteroatoms. The van der Waals surface area contributed by atoms with Crippen molar-refractivity contribution in [1.29, 1.82) is 0 Å². The van der Waals surface area contributed by atoms with Gasteiger partial charge >= 0.3 is 0 Å². The van der Waals surface area contributed by atoms with Crippen molar-refractivity contribution in [3.63, 3.8) is 0 Å². The van der Waals surface area contributed by atoms with Gasteiger partial charge in [-0.15, -0.1) is 0 Å². The monoisotopic (exact) mass is 237 g/mol. The van der Waals surface area contributed by atoms with E-state index in [1.165, 1.54) is 5.41 Å². The van der Waals surface area contributed by atoms with Crippen LogP contribution in [-0.4, -0.2) is 15.0 Å². The number of nitrogens with two attached hydrogens (primary N) is 1. The molecule has 0 aromatic heterocycles. The number of hydrogen-bond acceptors (Lipinski definition) is 3. The Balaban J connectivity index is 2.48. The molecule has 0 unspecified atom stereocenters. The molecular formula is C12H15NO2S. The summed E-state index contributed by atoms with van der Waals surface area (Å²) in [5, 5.41) is 1.38. The summed E-state index contributed by atoms with van der Waals surface area (Å²) < 4.78 is 23.7. The number of aryl methyl sites for hydroxylation is 1. The van der Waals surface area contributed by atoms with Crippen LogP contribution in [0.25, 0.3) is 5.57 Å². The van der Waals surface area contributed by atoms with Crippen molar-refractivity contribution in [2.24, 2.45) is 5.73 Å². The Morgan fingerprint density at radius 3 is 2.75 bits per heavy atom. The van der Waals surface area contributed by atoms with Crippen molar-refractivity contribution in [3.8, 4) is 0 Å². The van der Waals surface area contributed by atoms with Crippen LogP contribution in [0.3, 0.4) is 0 Å².